The van der Waals surface area contributed by atoms with Gasteiger partial charge >= 0.3 is 0 Å². The summed E-state index contributed by atoms with van der Waals surface area (Å²) in [6.07, 6.45) is 12.2. The molecule has 3 nitrogen and oxygen atoms in total. The van der Waals surface area contributed by atoms with Gasteiger partial charge in [0, 0.05) is 10.8 Å². The number of carbonyl (C=O) groups excluding carboxylic acids is 2. The van der Waals surface area contributed by atoms with Crippen LogP contribution in [-0.2, 0) is 14.3 Å². The van der Waals surface area contributed by atoms with Crippen LogP contribution >= 0.6 is 0 Å². The van der Waals surface area contributed by atoms with Crippen molar-refractivity contribution < 1.29 is 14.3 Å². The zero-order valence-corrected chi connectivity index (χ0v) is 14.6. The van der Waals surface area contributed by atoms with E-state index in [4.69, 9.17) is 4.74 Å². The first kappa shape index (κ1) is 14.8. The van der Waals surface area contributed by atoms with Crippen LogP contribution in [0.2, 0.25) is 0 Å². The largest absolute Gasteiger partial charge is 0.357 e. The van der Waals surface area contributed by atoms with E-state index in [2.05, 4.69) is 26.0 Å². The topological polar surface area (TPSA) is 46.7 Å². The summed E-state index contributed by atoms with van der Waals surface area (Å²) in [5.41, 5.74) is 2.06. The summed E-state index contributed by atoms with van der Waals surface area (Å²) in [4.78, 5) is 24.1. The second-order valence-electron chi connectivity index (χ2n) is 8.77. The summed E-state index contributed by atoms with van der Waals surface area (Å²) in [6, 6.07) is 0. The van der Waals surface area contributed by atoms with Crippen molar-refractivity contribution in [2.75, 3.05) is 0 Å². The summed E-state index contributed by atoms with van der Waals surface area (Å²) >= 11 is 0. The summed E-state index contributed by atoms with van der Waals surface area (Å²) in [5.74, 6) is 1.36. The van der Waals surface area contributed by atoms with Gasteiger partial charge < -0.3 is 4.74 Å². The molecule has 0 radical (unpaired) electrons. The molecule has 126 valence electrons. The van der Waals surface area contributed by atoms with E-state index in [1.165, 1.54) is 11.1 Å². The van der Waals surface area contributed by atoms with E-state index in [9.17, 15) is 9.59 Å². The Morgan fingerprint density at radius 1 is 1.33 bits per heavy atom. The average molecular weight is 324 g/mol. The van der Waals surface area contributed by atoms with Gasteiger partial charge in [0.2, 0.25) is 0 Å². The fourth-order valence-corrected chi connectivity index (χ4v) is 6.59. The molecule has 4 aliphatic carbocycles. The molecule has 24 heavy (non-hydrogen) atoms. The van der Waals surface area contributed by atoms with Crippen LogP contribution in [0.1, 0.15) is 46.5 Å². The lowest BCUT2D eigenvalue weighted by molar-refractivity contribution is -0.129. The first-order chi connectivity index (χ1) is 11.3. The second kappa shape index (κ2) is 4.19. The van der Waals surface area contributed by atoms with Crippen molar-refractivity contribution in [3.8, 4) is 0 Å². The predicted octanol–water partition coefficient (Wildman–Crippen LogP) is 3.55. The minimum Gasteiger partial charge on any atom is -0.357 e. The van der Waals surface area contributed by atoms with Crippen molar-refractivity contribution in [1.29, 1.82) is 0 Å². The van der Waals surface area contributed by atoms with Crippen LogP contribution < -0.4 is 0 Å². The molecule has 1 aliphatic heterocycles. The first-order valence-corrected chi connectivity index (χ1v) is 9.16. The molecule has 1 saturated heterocycles. The normalized spacial score (nSPS) is 51.0. The molecule has 0 spiro atoms. The number of allylic oxidation sites excluding steroid dienone is 6. The summed E-state index contributed by atoms with van der Waals surface area (Å²) in [7, 11) is 0. The van der Waals surface area contributed by atoms with Crippen molar-refractivity contribution in [2.24, 2.45) is 22.7 Å². The number of Topliss-reactive ketones (excluding diaryl/α,β-unsaturated/α-hetero) is 1. The fourth-order valence-electron chi connectivity index (χ4n) is 6.59. The van der Waals surface area contributed by atoms with Gasteiger partial charge in [-0.1, -0.05) is 30.2 Å². The molecule has 0 bridgehead atoms. The first-order valence-electron chi connectivity index (χ1n) is 9.16. The van der Waals surface area contributed by atoms with Gasteiger partial charge in [-0.3, -0.25) is 9.59 Å². The maximum absolute atomic E-state index is 12.4. The maximum Gasteiger partial charge on any atom is 0.178 e. The number of ether oxygens (including phenoxy) is 1. The number of fused-ring (bicyclic) bond motifs is 7. The minimum atomic E-state index is -0.519. The fraction of sp³-hybridized carbons (Fsp3) is 0.619. The molecule has 5 rings (SSSR count). The summed E-state index contributed by atoms with van der Waals surface area (Å²) in [5, 5.41) is 0. The zero-order valence-electron chi connectivity index (χ0n) is 14.6. The van der Waals surface area contributed by atoms with Crippen LogP contribution in [0.3, 0.4) is 0 Å². The Labute approximate surface area is 142 Å². The van der Waals surface area contributed by atoms with E-state index in [-0.39, 0.29) is 28.5 Å². The zero-order chi connectivity index (χ0) is 16.9. The smallest absolute Gasteiger partial charge is 0.178 e. The van der Waals surface area contributed by atoms with Crippen LogP contribution in [0.15, 0.2) is 35.5 Å². The molecule has 1 heterocycles. The van der Waals surface area contributed by atoms with Crippen LogP contribution in [0.5, 0.6) is 0 Å². The van der Waals surface area contributed by atoms with E-state index < -0.39 is 5.60 Å². The molecule has 2 saturated carbocycles. The molecule has 6 atom stereocenters. The highest BCUT2D eigenvalue weighted by atomic mass is 16.6. The summed E-state index contributed by atoms with van der Waals surface area (Å²) in [6.45, 7) is 6.23. The van der Waals surface area contributed by atoms with Crippen molar-refractivity contribution in [3.63, 3.8) is 0 Å². The highest BCUT2D eigenvalue weighted by Crippen LogP contribution is 2.71. The van der Waals surface area contributed by atoms with Gasteiger partial charge in [-0.05, 0) is 63.5 Å². The van der Waals surface area contributed by atoms with Crippen molar-refractivity contribution in [1.82, 2.24) is 0 Å². The molecule has 0 N–H and O–H groups in total. The number of carbonyl (C=O) groups is 2. The number of hydrogen-bond donors (Lipinski definition) is 0. The Morgan fingerprint density at radius 3 is 2.88 bits per heavy atom. The van der Waals surface area contributed by atoms with E-state index in [0.29, 0.717) is 11.8 Å². The predicted molar refractivity (Wildman–Crippen MR) is 90.3 cm³/mol. The SMILES string of the molecule is CC(=O)[C@@]12O[C@@H]1C[C@H]1[C@@H]3CCC4=CC(=O)C=C[C@]4(C)C3=CC[C@@]12C. The minimum absolute atomic E-state index is 0.0660. The molecular weight excluding hydrogens is 300 g/mol. The van der Waals surface area contributed by atoms with Gasteiger partial charge in [0.15, 0.2) is 17.2 Å². The van der Waals surface area contributed by atoms with Gasteiger partial charge in [-0.2, -0.15) is 0 Å². The molecule has 0 aromatic rings. The van der Waals surface area contributed by atoms with E-state index >= 15 is 0 Å². The third-order valence-electron chi connectivity index (χ3n) is 7.90. The van der Waals surface area contributed by atoms with E-state index in [1.807, 2.05) is 6.08 Å². The Balaban J connectivity index is 1.59. The Morgan fingerprint density at radius 2 is 2.12 bits per heavy atom. The molecule has 0 unspecified atom stereocenters. The quantitative estimate of drug-likeness (QED) is 0.547. The third kappa shape index (κ3) is 1.45. The summed E-state index contributed by atoms with van der Waals surface area (Å²) < 4.78 is 5.95. The lowest BCUT2D eigenvalue weighted by Gasteiger charge is -2.52. The molecule has 3 fully saturated rings. The number of hydrogen-bond acceptors (Lipinski definition) is 3. The molecule has 5 aliphatic rings. The lowest BCUT2D eigenvalue weighted by Crippen LogP contribution is -2.49. The van der Waals surface area contributed by atoms with Crippen molar-refractivity contribution in [3.05, 3.63) is 35.5 Å². The van der Waals surface area contributed by atoms with Crippen LogP contribution in [0.4, 0.5) is 0 Å². The van der Waals surface area contributed by atoms with Crippen molar-refractivity contribution >= 4 is 11.6 Å². The van der Waals surface area contributed by atoms with Crippen LogP contribution in [0, 0.1) is 22.7 Å². The van der Waals surface area contributed by atoms with Crippen molar-refractivity contribution in [2.45, 2.75) is 58.2 Å². The number of ketones is 2. The number of rotatable bonds is 1. The van der Waals surface area contributed by atoms with Gasteiger partial charge in [-0.25, -0.2) is 0 Å². The molecule has 0 amide bonds. The van der Waals surface area contributed by atoms with E-state index in [1.54, 1.807) is 13.0 Å². The Bertz CT molecular complexity index is 772. The van der Waals surface area contributed by atoms with Gasteiger partial charge in [0.1, 0.15) is 0 Å². The Kier molecular flexibility index (Phi) is 2.59. The monoisotopic (exact) mass is 324 g/mol. The molecule has 3 heteroatoms. The third-order valence-corrected chi connectivity index (χ3v) is 7.90. The molecule has 0 aromatic carbocycles. The standard InChI is InChI=1S/C21H24O3/c1-12(22)21-18(24-21)11-17-15-5-4-13-10-14(23)6-8-19(13,2)16(15)7-9-20(17,21)3/h6-8,10,15,17-18H,4-5,9,11H2,1-3H3/t15-,17+,18-,19+,20+,21-/m1/s1. The molecule has 0 aromatic heterocycles. The molecular formula is C21H24O3. The average Bonchev–Trinajstić information content (AvgIpc) is 3.21. The van der Waals surface area contributed by atoms with E-state index in [0.717, 1.165) is 25.7 Å². The number of epoxide rings is 1. The highest BCUT2D eigenvalue weighted by molar-refractivity contribution is 6.01. The highest BCUT2D eigenvalue weighted by Gasteiger charge is 2.78. The maximum atomic E-state index is 12.4. The van der Waals surface area contributed by atoms with Crippen LogP contribution in [0.25, 0.3) is 0 Å². The lowest BCUT2D eigenvalue weighted by atomic mass is 9.51. The van der Waals surface area contributed by atoms with Crippen LogP contribution in [-0.4, -0.2) is 23.3 Å². The van der Waals surface area contributed by atoms with Gasteiger partial charge in [0.05, 0.1) is 6.10 Å². The van der Waals surface area contributed by atoms with Gasteiger partial charge in [0.25, 0.3) is 0 Å². The second-order valence-corrected chi connectivity index (χ2v) is 8.77. The Hall–Kier alpha value is -1.48. The van der Waals surface area contributed by atoms with Gasteiger partial charge in [-0.15, -0.1) is 0 Å².